The van der Waals surface area contributed by atoms with E-state index in [2.05, 4.69) is 4.98 Å². The van der Waals surface area contributed by atoms with Gasteiger partial charge in [-0.25, -0.2) is 0 Å². The Morgan fingerprint density at radius 2 is 2.11 bits per heavy atom. The number of ether oxygens (including phenoxy) is 2. The number of nitrogen functional groups attached to an aromatic ring is 1. The molecular weight excluding hydrogens is 234 g/mol. The standard InChI is InChI=1S/C12H11N3O3/c1-16-7-3-4-8(10(5-7)17-2)12-15-9(6-13)11(14)18-12/h3-5H,14H2,1-2H3. The lowest BCUT2D eigenvalue weighted by molar-refractivity contribution is 0.394. The number of hydrogen-bond donors (Lipinski definition) is 1. The van der Waals surface area contributed by atoms with Crippen LogP contribution in [0.25, 0.3) is 11.5 Å². The lowest BCUT2D eigenvalue weighted by Gasteiger charge is -2.07. The zero-order valence-corrected chi connectivity index (χ0v) is 9.93. The van der Waals surface area contributed by atoms with Crippen molar-refractivity contribution in [3.05, 3.63) is 23.9 Å². The summed E-state index contributed by atoms with van der Waals surface area (Å²) in [7, 11) is 3.08. The van der Waals surface area contributed by atoms with Gasteiger partial charge in [-0.1, -0.05) is 0 Å². The molecule has 18 heavy (non-hydrogen) atoms. The smallest absolute Gasteiger partial charge is 0.233 e. The first-order valence-corrected chi connectivity index (χ1v) is 5.08. The SMILES string of the molecule is COc1ccc(-c2nc(C#N)c(N)o2)c(OC)c1. The molecular formula is C12H11N3O3. The van der Waals surface area contributed by atoms with Crippen LogP contribution < -0.4 is 15.2 Å². The van der Waals surface area contributed by atoms with Crippen LogP contribution in [0.15, 0.2) is 22.6 Å². The molecule has 0 atom stereocenters. The molecule has 0 aliphatic rings. The largest absolute Gasteiger partial charge is 0.497 e. The van der Waals surface area contributed by atoms with E-state index in [1.165, 1.54) is 7.11 Å². The molecule has 0 aliphatic carbocycles. The number of hydrogen-bond acceptors (Lipinski definition) is 6. The van der Waals surface area contributed by atoms with E-state index in [1.54, 1.807) is 25.3 Å². The van der Waals surface area contributed by atoms with E-state index in [4.69, 9.17) is 24.9 Å². The van der Waals surface area contributed by atoms with Crippen molar-refractivity contribution >= 4 is 5.88 Å². The fourth-order valence-electron chi connectivity index (χ4n) is 1.50. The van der Waals surface area contributed by atoms with Gasteiger partial charge in [0.05, 0.1) is 19.8 Å². The number of aromatic nitrogens is 1. The van der Waals surface area contributed by atoms with Crippen LogP contribution in [0.3, 0.4) is 0 Å². The maximum Gasteiger partial charge on any atom is 0.233 e. The summed E-state index contributed by atoms with van der Waals surface area (Å²) in [5.41, 5.74) is 6.18. The average molecular weight is 245 g/mol. The molecule has 1 aromatic heterocycles. The Labute approximate surface area is 104 Å². The third-order valence-electron chi connectivity index (χ3n) is 2.40. The highest BCUT2D eigenvalue weighted by Gasteiger charge is 2.16. The number of nitriles is 1. The van der Waals surface area contributed by atoms with Crippen molar-refractivity contribution in [2.45, 2.75) is 0 Å². The second-order valence-corrected chi connectivity index (χ2v) is 3.41. The van der Waals surface area contributed by atoms with Crippen LogP contribution in [0.1, 0.15) is 5.69 Å². The molecule has 2 rings (SSSR count). The summed E-state index contributed by atoms with van der Waals surface area (Å²) in [6.45, 7) is 0. The first-order valence-electron chi connectivity index (χ1n) is 5.08. The molecule has 2 N–H and O–H groups in total. The van der Waals surface area contributed by atoms with Gasteiger partial charge in [-0.05, 0) is 12.1 Å². The van der Waals surface area contributed by atoms with E-state index in [1.807, 2.05) is 6.07 Å². The quantitative estimate of drug-likeness (QED) is 0.886. The molecule has 0 aliphatic heterocycles. The minimum atomic E-state index is -0.00892. The number of nitrogens with zero attached hydrogens (tertiary/aromatic N) is 2. The predicted molar refractivity (Wildman–Crippen MR) is 64.2 cm³/mol. The topological polar surface area (TPSA) is 94.3 Å². The molecule has 0 spiro atoms. The normalized spacial score (nSPS) is 9.83. The summed E-state index contributed by atoms with van der Waals surface area (Å²) in [6.07, 6.45) is 0. The molecule has 1 aromatic carbocycles. The van der Waals surface area contributed by atoms with Gasteiger partial charge >= 0.3 is 0 Å². The maximum absolute atomic E-state index is 8.78. The second-order valence-electron chi connectivity index (χ2n) is 3.41. The van der Waals surface area contributed by atoms with Crippen LogP contribution in [0, 0.1) is 11.3 Å². The monoisotopic (exact) mass is 245 g/mol. The van der Waals surface area contributed by atoms with Crippen LogP contribution in [0.5, 0.6) is 11.5 Å². The van der Waals surface area contributed by atoms with E-state index >= 15 is 0 Å². The number of benzene rings is 1. The van der Waals surface area contributed by atoms with Gasteiger partial charge in [-0.15, -0.1) is 0 Å². The Morgan fingerprint density at radius 1 is 1.33 bits per heavy atom. The van der Waals surface area contributed by atoms with Gasteiger partial charge in [0.1, 0.15) is 17.6 Å². The van der Waals surface area contributed by atoms with E-state index in [-0.39, 0.29) is 17.5 Å². The molecule has 0 saturated carbocycles. The highest BCUT2D eigenvalue weighted by Crippen LogP contribution is 2.34. The third-order valence-corrected chi connectivity index (χ3v) is 2.40. The highest BCUT2D eigenvalue weighted by molar-refractivity contribution is 5.66. The Balaban J connectivity index is 2.53. The Morgan fingerprint density at radius 3 is 2.67 bits per heavy atom. The fourth-order valence-corrected chi connectivity index (χ4v) is 1.50. The van der Waals surface area contributed by atoms with Crippen LogP contribution in [0.4, 0.5) is 5.88 Å². The molecule has 0 amide bonds. The van der Waals surface area contributed by atoms with Crippen molar-refractivity contribution in [3.8, 4) is 29.0 Å². The summed E-state index contributed by atoms with van der Waals surface area (Å²) in [5.74, 6) is 1.41. The van der Waals surface area contributed by atoms with Crippen molar-refractivity contribution < 1.29 is 13.9 Å². The minimum Gasteiger partial charge on any atom is -0.497 e. The first kappa shape index (κ1) is 11.8. The lowest BCUT2D eigenvalue weighted by atomic mass is 10.2. The van der Waals surface area contributed by atoms with Crippen molar-refractivity contribution in [1.82, 2.24) is 4.98 Å². The predicted octanol–water partition coefficient (Wildman–Crippen LogP) is 1.81. The van der Waals surface area contributed by atoms with Crippen molar-refractivity contribution in [1.29, 1.82) is 5.26 Å². The Kier molecular flexibility index (Phi) is 3.06. The van der Waals surface area contributed by atoms with E-state index in [0.29, 0.717) is 17.1 Å². The number of nitrogens with two attached hydrogens (primary N) is 1. The number of anilines is 1. The minimum absolute atomic E-state index is 0.00892. The van der Waals surface area contributed by atoms with Crippen molar-refractivity contribution in [2.75, 3.05) is 20.0 Å². The van der Waals surface area contributed by atoms with Gasteiger partial charge in [0.15, 0.2) is 0 Å². The van der Waals surface area contributed by atoms with Crippen LogP contribution in [0.2, 0.25) is 0 Å². The Hall–Kier alpha value is -2.68. The number of methoxy groups -OCH3 is 2. The molecule has 6 heteroatoms. The van der Waals surface area contributed by atoms with E-state index < -0.39 is 0 Å². The summed E-state index contributed by atoms with van der Waals surface area (Å²) >= 11 is 0. The molecule has 6 nitrogen and oxygen atoms in total. The molecule has 0 bridgehead atoms. The van der Waals surface area contributed by atoms with E-state index in [9.17, 15) is 0 Å². The van der Waals surface area contributed by atoms with Gasteiger partial charge in [0.2, 0.25) is 17.5 Å². The van der Waals surface area contributed by atoms with Crippen LogP contribution in [-0.4, -0.2) is 19.2 Å². The molecule has 0 radical (unpaired) electrons. The van der Waals surface area contributed by atoms with Gasteiger partial charge in [0, 0.05) is 6.07 Å². The molecule has 0 unspecified atom stereocenters. The first-order chi connectivity index (χ1) is 8.69. The number of rotatable bonds is 3. The summed E-state index contributed by atoms with van der Waals surface area (Å²) in [5, 5.41) is 8.78. The lowest BCUT2D eigenvalue weighted by Crippen LogP contribution is -1.90. The van der Waals surface area contributed by atoms with Crippen LogP contribution in [-0.2, 0) is 0 Å². The maximum atomic E-state index is 8.78. The zero-order chi connectivity index (χ0) is 13.1. The second kappa shape index (κ2) is 4.67. The summed E-state index contributed by atoms with van der Waals surface area (Å²) < 4.78 is 15.5. The van der Waals surface area contributed by atoms with Gasteiger partial charge in [-0.2, -0.15) is 10.2 Å². The molecule has 0 fully saturated rings. The molecule has 0 saturated heterocycles. The highest BCUT2D eigenvalue weighted by atomic mass is 16.5. The van der Waals surface area contributed by atoms with Crippen molar-refractivity contribution in [3.63, 3.8) is 0 Å². The molecule has 1 heterocycles. The average Bonchev–Trinajstić information content (AvgIpc) is 2.79. The van der Waals surface area contributed by atoms with E-state index in [0.717, 1.165) is 0 Å². The summed E-state index contributed by atoms with van der Waals surface area (Å²) in [4.78, 5) is 3.99. The molecule has 2 aromatic rings. The van der Waals surface area contributed by atoms with Crippen molar-refractivity contribution in [2.24, 2.45) is 0 Å². The summed E-state index contributed by atoms with van der Waals surface area (Å²) in [6, 6.07) is 7.01. The molecule has 92 valence electrons. The Bertz CT molecular complexity index is 614. The van der Waals surface area contributed by atoms with Gasteiger partial charge in [-0.3, -0.25) is 0 Å². The van der Waals surface area contributed by atoms with Gasteiger partial charge < -0.3 is 19.6 Å². The van der Waals surface area contributed by atoms with Gasteiger partial charge in [0.25, 0.3) is 0 Å². The fraction of sp³-hybridized carbons (Fsp3) is 0.167. The van der Waals surface area contributed by atoms with Crippen LogP contribution >= 0.6 is 0 Å². The number of oxazole rings is 1. The zero-order valence-electron chi connectivity index (χ0n) is 9.93. The third kappa shape index (κ3) is 1.94.